The smallest absolute Gasteiger partial charge is 0.122 e. The van der Waals surface area contributed by atoms with E-state index < -0.39 is 6.10 Å². The van der Waals surface area contributed by atoms with Crippen molar-refractivity contribution in [2.45, 2.75) is 45.4 Å². The summed E-state index contributed by atoms with van der Waals surface area (Å²) in [7, 11) is 0. The molecular formula is C21H29NO4. The Kier molecular flexibility index (Phi) is 6.72. The maximum absolute atomic E-state index is 10.5. The summed E-state index contributed by atoms with van der Waals surface area (Å²) in [5.74, 6) is 2.63. The summed E-state index contributed by atoms with van der Waals surface area (Å²) in [6.45, 7) is 7.02. The van der Waals surface area contributed by atoms with Gasteiger partial charge in [0.05, 0.1) is 12.6 Å². The lowest BCUT2D eigenvalue weighted by Crippen LogP contribution is -2.39. The molecule has 0 aliphatic carbocycles. The van der Waals surface area contributed by atoms with Crippen molar-refractivity contribution in [2.24, 2.45) is 0 Å². The van der Waals surface area contributed by atoms with Crippen molar-refractivity contribution in [1.82, 2.24) is 4.90 Å². The van der Waals surface area contributed by atoms with Gasteiger partial charge in [0.2, 0.25) is 0 Å². The molecule has 1 saturated heterocycles. The first kappa shape index (κ1) is 19.0. The van der Waals surface area contributed by atoms with Crippen LogP contribution in [-0.4, -0.2) is 48.5 Å². The summed E-state index contributed by atoms with van der Waals surface area (Å²) in [5.41, 5.74) is 1.07. The predicted molar refractivity (Wildman–Crippen MR) is 100 cm³/mol. The molecular weight excluding hydrogens is 330 g/mol. The van der Waals surface area contributed by atoms with Crippen LogP contribution in [0.1, 0.15) is 29.9 Å². The number of rotatable bonds is 9. The number of benzene rings is 1. The van der Waals surface area contributed by atoms with Gasteiger partial charge in [0, 0.05) is 19.7 Å². The van der Waals surface area contributed by atoms with Gasteiger partial charge in [0.25, 0.3) is 0 Å². The lowest BCUT2D eigenvalue weighted by atomic mass is 10.2. The van der Waals surface area contributed by atoms with E-state index in [2.05, 4.69) is 4.90 Å². The van der Waals surface area contributed by atoms with Crippen LogP contribution in [-0.2, 0) is 11.3 Å². The third-order valence-corrected chi connectivity index (χ3v) is 4.66. The fraction of sp³-hybridized carbons (Fsp3) is 0.524. The number of hydrogen-bond acceptors (Lipinski definition) is 5. The van der Waals surface area contributed by atoms with Gasteiger partial charge in [-0.2, -0.15) is 0 Å². The van der Waals surface area contributed by atoms with E-state index in [0.29, 0.717) is 13.1 Å². The molecule has 5 heteroatoms. The number of para-hydroxylation sites is 1. The normalized spacial score (nSPS) is 18.4. The van der Waals surface area contributed by atoms with Crippen molar-refractivity contribution in [3.8, 4) is 5.75 Å². The average Bonchev–Trinajstić information content (AvgIpc) is 3.26. The first-order chi connectivity index (χ1) is 12.6. The van der Waals surface area contributed by atoms with Crippen molar-refractivity contribution in [3.63, 3.8) is 0 Å². The van der Waals surface area contributed by atoms with E-state index in [9.17, 15) is 5.11 Å². The summed E-state index contributed by atoms with van der Waals surface area (Å²) in [5, 5.41) is 10.5. The molecule has 1 aliphatic rings. The van der Waals surface area contributed by atoms with Gasteiger partial charge in [-0.15, -0.1) is 0 Å². The Balaban J connectivity index is 1.55. The number of nitrogens with zero attached hydrogens (tertiary/aromatic N) is 1. The summed E-state index contributed by atoms with van der Waals surface area (Å²) >= 11 is 0. The van der Waals surface area contributed by atoms with Gasteiger partial charge >= 0.3 is 0 Å². The molecule has 3 rings (SSSR count). The molecule has 26 heavy (non-hydrogen) atoms. The Morgan fingerprint density at radius 3 is 2.77 bits per heavy atom. The van der Waals surface area contributed by atoms with E-state index in [1.54, 1.807) is 0 Å². The minimum atomic E-state index is -0.577. The fourth-order valence-electron chi connectivity index (χ4n) is 3.33. The summed E-state index contributed by atoms with van der Waals surface area (Å²) in [6.07, 6.45) is 1.84. The van der Waals surface area contributed by atoms with Gasteiger partial charge in [-0.1, -0.05) is 18.2 Å². The van der Waals surface area contributed by atoms with E-state index in [1.165, 1.54) is 0 Å². The number of ether oxygens (including phenoxy) is 2. The monoisotopic (exact) mass is 359 g/mol. The van der Waals surface area contributed by atoms with Gasteiger partial charge < -0.3 is 19.0 Å². The van der Waals surface area contributed by atoms with Crippen LogP contribution in [0.2, 0.25) is 0 Å². The second-order valence-electron chi connectivity index (χ2n) is 7.07. The number of aliphatic hydroxyl groups excluding tert-OH is 1. The highest BCUT2D eigenvalue weighted by Crippen LogP contribution is 2.18. The molecule has 1 aromatic carbocycles. The highest BCUT2D eigenvalue weighted by Gasteiger charge is 2.22. The molecule has 142 valence electrons. The van der Waals surface area contributed by atoms with Crippen molar-refractivity contribution in [1.29, 1.82) is 0 Å². The van der Waals surface area contributed by atoms with Crippen molar-refractivity contribution >= 4 is 0 Å². The van der Waals surface area contributed by atoms with E-state index in [-0.39, 0.29) is 12.7 Å². The van der Waals surface area contributed by atoms with Crippen molar-refractivity contribution < 1.29 is 19.0 Å². The van der Waals surface area contributed by atoms with Crippen LogP contribution in [0.4, 0.5) is 0 Å². The first-order valence-corrected chi connectivity index (χ1v) is 9.36. The maximum atomic E-state index is 10.5. The van der Waals surface area contributed by atoms with Crippen LogP contribution in [0.25, 0.3) is 0 Å². The predicted octanol–water partition coefficient (Wildman–Crippen LogP) is 3.32. The lowest BCUT2D eigenvalue weighted by molar-refractivity contribution is 0.0289. The summed E-state index contributed by atoms with van der Waals surface area (Å²) < 4.78 is 17.3. The van der Waals surface area contributed by atoms with Crippen LogP contribution in [0.15, 0.2) is 40.8 Å². The fourth-order valence-corrected chi connectivity index (χ4v) is 3.33. The quantitative estimate of drug-likeness (QED) is 0.744. The molecule has 0 amide bonds. The lowest BCUT2D eigenvalue weighted by Gasteiger charge is -2.26. The third kappa shape index (κ3) is 5.59. The molecule has 0 saturated carbocycles. The van der Waals surface area contributed by atoms with Gasteiger partial charge in [-0.05, 0) is 50.5 Å². The molecule has 2 aromatic rings. The second-order valence-corrected chi connectivity index (χ2v) is 7.07. The summed E-state index contributed by atoms with van der Waals surface area (Å²) in [4.78, 5) is 2.19. The van der Waals surface area contributed by atoms with E-state index in [1.807, 2.05) is 50.2 Å². The van der Waals surface area contributed by atoms with E-state index in [4.69, 9.17) is 13.9 Å². The number of aryl methyl sites for hydroxylation is 2. The molecule has 0 bridgehead atoms. The number of furan rings is 1. The Labute approximate surface area is 155 Å². The van der Waals surface area contributed by atoms with Crippen LogP contribution in [0.3, 0.4) is 0 Å². The van der Waals surface area contributed by atoms with Crippen LogP contribution >= 0.6 is 0 Å². The molecule has 1 aliphatic heterocycles. The molecule has 0 spiro atoms. The molecule has 1 aromatic heterocycles. The highest BCUT2D eigenvalue weighted by molar-refractivity contribution is 5.31. The summed E-state index contributed by atoms with van der Waals surface area (Å²) in [6, 6.07) is 11.8. The average molecular weight is 359 g/mol. The van der Waals surface area contributed by atoms with E-state index in [0.717, 1.165) is 48.8 Å². The zero-order valence-electron chi connectivity index (χ0n) is 15.7. The van der Waals surface area contributed by atoms with Crippen LogP contribution in [0, 0.1) is 13.8 Å². The zero-order valence-corrected chi connectivity index (χ0v) is 15.7. The molecule has 1 fully saturated rings. The Bertz CT molecular complexity index is 678. The topological polar surface area (TPSA) is 55.1 Å². The van der Waals surface area contributed by atoms with Crippen LogP contribution in [0.5, 0.6) is 5.75 Å². The molecule has 2 heterocycles. The van der Waals surface area contributed by atoms with Gasteiger partial charge in [-0.3, -0.25) is 4.90 Å². The second kappa shape index (κ2) is 9.21. The zero-order chi connectivity index (χ0) is 18.4. The molecule has 1 N–H and O–H groups in total. The standard InChI is InChI=1S/C21H29NO4/c1-16-6-3-4-8-21(16)25-15-18(23)12-22(13-19-7-5-11-24-19)14-20-10-9-17(2)26-20/h3-4,6,8-10,18-19,23H,5,7,11-15H2,1-2H3/t18-,19+/m0/s1. The Morgan fingerprint density at radius 1 is 1.23 bits per heavy atom. The highest BCUT2D eigenvalue weighted by atomic mass is 16.5. The van der Waals surface area contributed by atoms with E-state index >= 15 is 0 Å². The van der Waals surface area contributed by atoms with Crippen molar-refractivity contribution in [2.75, 3.05) is 26.3 Å². The van der Waals surface area contributed by atoms with Crippen LogP contribution < -0.4 is 4.74 Å². The molecule has 0 radical (unpaired) electrons. The van der Waals surface area contributed by atoms with Crippen molar-refractivity contribution in [3.05, 3.63) is 53.5 Å². The van der Waals surface area contributed by atoms with Gasteiger partial charge in [-0.25, -0.2) is 0 Å². The van der Waals surface area contributed by atoms with Gasteiger partial charge in [0.15, 0.2) is 0 Å². The molecule has 2 atom stereocenters. The Hall–Kier alpha value is -1.82. The first-order valence-electron chi connectivity index (χ1n) is 9.36. The minimum absolute atomic E-state index is 0.232. The largest absolute Gasteiger partial charge is 0.491 e. The number of aliphatic hydroxyl groups is 1. The maximum Gasteiger partial charge on any atom is 0.122 e. The molecule has 0 unspecified atom stereocenters. The third-order valence-electron chi connectivity index (χ3n) is 4.66. The Morgan fingerprint density at radius 2 is 2.08 bits per heavy atom. The van der Waals surface area contributed by atoms with Gasteiger partial charge in [0.1, 0.15) is 30.0 Å². The SMILES string of the molecule is Cc1ccc(CN(C[C@H](O)COc2ccccc2C)C[C@H]2CCCO2)o1. The number of hydrogen-bond donors (Lipinski definition) is 1. The minimum Gasteiger partial charge on any atom is -0.491 e. The molecule has 5 nitrogen and oxygen atoms in total.